The number of nitriles is 1. The van der Waals surface area contributed by atoms with Gasteiger partial charge in [-0.25, -0.2) is 4.79 Å². The Morgan fingerprint density at radius 2 is 2.06 bits per heavy atom. The molecule has 1 amide bonds. The number of aliphatic hydroxyl groups is 1. The molecule has 0 saturated carbocycles. The molecule has 1 atom stereocenters. The van der Waals surface area contributed by atoms with Crippen molar-refractivity contribution in [2.75, 3.05) is 13.1 Å². The Morgan fingerprint density at radius 1 is 1.50 bits per heavy atom. The van der Waals surface area contributed by atoms with Crippen molar-refractivity contribution in [3.8, 4) is 6.07 Å². The highest BCUT2D eigenvalue weighted by atomic mass is 16.6. The van der Waals surface area contributed by atoms with Crippen molar-refractivity contribution in [1.82, 2.24) is 4.90 Å². The number of hydrogen-bond donors (Lipinski definition) is 1. The summed E-state index contributed by atoms with van der Waals surface area (Å²) in [6.07, 6.45) is 0.743. The van der Waals surface area contributed by atoms with E-state index in [1.807, 2.05) is 26.8 Å². The Kier molecular flexibility index (Phi) is 4.97. The van der Waals surface area contributed by atoms with Crippen LogP contribution in [0.5, 0.6) is 0 Å². The van der Waals surface area contributed by atoms with Crippen molar-refractivity contribution >= 4 is 6.09 Å². The lowest BCUT2D eigenvalue weighted by Gasteiger charge is -2.34. The fourth-order valence-corrected chi connectivity index (χ4v) is 2.05. The molecule has 0 bridgehead atoms. The lowest BCUT2D eigenvalue weighted by atomic mass is 9.90. The minimum atomic E-state index is -0.573. The third kappa shape index (κ3) is 4.53. The molecule has 0 radical (unpaired) electrons. The van der Waals surface area contributed by atoms with Crippen molar-refractivity contribution in [2.45, 2.75) is 51.7 Å². The summed E-state index contributed by atoms with van der Waals surface area (Å²) < 4.78 is 5.29. The van der Waals surface area contributed by atoms with E-state index in [9.17, 15) is 9.90 Å². The first-order chi connectivity index (χ1) is 8.33. The molecule has 0 spiro atoms. The van der Waals surface area contributed by atoms with Crippen LogP contribution in [0.15, 0.2) is 0 Å². The summed E-state index contributed by atoms with van der Waals surface area (Å²) in [4.78, 5) is 13.5. The average Bonchev–Trinajstić information content (AvgIpc) is 2.27. The van der Waals surface area contributed by atoms with Crippen molar-refractivity contribution in [3.63, 3.8) is 0 Å². The van der Waals surface area contributed by atoms with Gasteiger partial charge >= 0.3 is 6.09 Å². The smallest absolute Gasteiger partial charge is 0.410 e. The third-order valence-corrected chi connectivity index (χ3v) is 3.04. The van der Waals surface area contributed by atoms with Crippen LogP contribution >= 0.6 is 0 Å². The Morgan fingerprint density at radius 3 is 2.50 bits per heavy atom. The molecule has 0 aromatic rings. The number of piperidine rings is 1. The van der Waals surface area contributed by atoms with Gasteiger partial charge in [0.15, 0.2) is 0 Å². The Balaban J connectivity index is 2.40. The second-order valence-corrected chi connectivity index (χ2v) is 5.73. The van der Waals surface area contributed by atoms with Crippen LogP contribution in [0.4, 0.5) is 4.79 Å². The van der Waals surface area contributed by atoms with E-state index < -0.39 is 11.7 Å². The minimum absolute atomic E-state index is 0.114. The number of aliphatic hydroxyl groups excluding tert-OH is 1. The van der Waals surface area contributed by atoms with Crippen molar-refractivity contribution in [3.05, 3.63) is 0 Å². The zero-order valence-corrected chi connectivity index (χ0v) is 11.3. The van der Waals surface area contributed by atoms with Crippen LogP contribution in [0.2, 0.25) is 0 Å². The number of hydrogen-bond acceptors (Lipinski definition) is 4. The second kappa shape index (κ2) is 6.05. The fraction of sp³-hybridized carbons (Fsp3) is 0.846. The zero-order valence-electron chi connectivity index (χ0n) is 11.3. The van der Waals surface area contributed by atoms with E-state index in [2.05, 4.69) is 0 Å². The van der Waals surface area contributed by atoms with Gasteiger partial charge in [0.05, 0.1) is 18.6 Å². The van der Waals surface area contributed by atoms with Crippen molar-refractivity contribution in [2.24, 2.45) is 5.92 Å². The molecule has 0 aromatic heterocycles. The van der Waals surface area contributed by atoms with Crippen molar-refractivity contribution in [1.29, 1.82) is 5.26 Å². The molecule has 1 rings (SSSR count). The average molecular weight is 254 g/mol. The normalized spacial score (nSPS) is 19.2. The monoisotopic (exact) mass is 254 g/mol. The van der Waals surface area contributed by atoms with Crippen LogP contribution in [0.25, 0.3) is 0 Å². The number of nitrogens with zero attached hydrogens (tertiary/aromatic N) is 2. The van der Waals surface area contributed by atoms with Crippen molar-refractivity contribution < 1.29 is 14.6 Å². The van der Waals surface area contributed by atoms with Crippen LogP contribution in [0.3, 0.4) is 0 Å². The van der Waals surface area contributed by atoms with Gasteiger partial charge in [-0.2, -0.15) is 5.26 Å². The Labute approximate surface area is 108 Å². The van der Waals surface area contributed by atoms with Crippen LogP contribution in [-0.2, 0) is 4.74 Å². The summed E-state index contributed by atoms with van der Waals surface area (Å²) in [6, 6.07) is 1.97. The van der Waals surface area contributed by atoms with Gasteiger partial charge in [0.1, 0.15) is 5.60 Å². The summed E-state index contributed by atoms with van der Waals surface area (Å²) in [6.45, 7) is 6.70. The van der Waals surface area contributed by atoms with E-state index in [0.717, 1.165) is 12.8 Å². The molecule has 1 saturated heterocycles. The molecular formula is C13H22N2O3. The van der Waals surface area contributed by atoms with Gasteiger partial charge < -0.3 is 14.7 Å². The number of likely N-dealkylation sites (tertiary alicyclic amines) is 1. The standard InChI is InChI=1S/C13H22N2O3/c1-13(2,3)18-12(17)15-8-5-10(6-9-15)11(16)4-7-14/h10-11,16H,4-6,8-9H2,1-3H3/t11-/m0/s1. The van der Waals surface area contributed by atoms with Crippen LogP contribution in [0.1, 0.15) is 40.0 Å². The first-order valence-corrected chi connectivity index (χ1v) is 6.36. The zero-order chi connectivity index (χ0) is 13.8. The maximum absolute atomic E-state index is 11.8. The number of amides is 1. The molecule has 18 heavy (non-hydrogen) atoms. The molecule has 1 N–H and O–H groups in total. The quantitative estimate of drug-likeness (QED) is 0.817. The fourth-order valence-electron chi connectivity index (χ4n) is 2.05. The Hall–Kier alpha value is -1.28. The first kappa shape index (κ1) is 14.8. The van der Waals surface area contributed by atoms with Gasteiger partial charge in [0.2, 0.25) is 0 Å². The van der Waals surface area contributed by atoms with Gasteiger partial charge in [0, 0.05) is 13.1 Å². The highest BCUT2D eigenvalue weighted by molar-refractivity contribution is 5.68. The highest BCUT2D eigenvalue weighted by Gasteiger charge is 2.29. The summed E-state index contributed by atoms with van der Waals surface area (Å²) in [7, 11) is 0. The van der Waals surface area contributed by atoms with Crippen LogP contribution < -0.4 is 0 Å². The van der Waals surface area contributed by atoms with Gasteiger partial charge in [-0.05, 0) is 39.5 Å². The number of ether oxygens (including phenoxy) is 1. The van der Waals surface area contributed by atoms with Gasteiger partial charge in [-0.15, -0.1) is 0 Å². The summed E-state index contributed by atoms with van der Waals surface area (Å²) in [5.41, 5.74) is -0.478. The topological polar surface area (TPSA) is 73.6 Å². The highest BCUT2D eigenvalue weighted by Crippen LogP contribution is 2.23. The molecule has 5 heteroatoms. The predicted octanol–water partition coefficient (Wildman–Crippen LogP) is 1.91. The maximum atomic E-state index is 11.8. The number of rotatable bonds is 2. The van der Waals surface area contributed by atoms with E-state index in [0.29, 0.717) is 13.1 Å². The van der Waals surface area contributed by atoms with Crippen LogP contribution in [-0.4, -0.2) is 40.9 Å². The molecule has 0 aliphatic carbocycles. The van der Waals surface area contributed by atoms with E-state index in [4.69, 9.17) is 10.00 Å². The lowest BCUT2D eigenvalue weighted by molar-refractivity contribution is 0.00850. The van der Waals surface area contributed by atoms with E-state index in [1.165, 1.54) is 0 Å². The molecule has 1 aliphatic heterocycles. The molecule has 5 nitrogen and oxygen atoms in total. The molecular weight excluding hydrogens is 232 g/mol. The van der Waals surface area contributed by atoms with E-state index in [1.54, 1.807) is 4.90 Å². The number of carbonyl (C=O) groups is 1. The maximum Gasteiger partial charge on any atom is 0.410 e. The van der Waals surface area contributed by atoms with Gasteiger partial charge in [-0.3, -0.25) is 0 Å². The predicted molar refractivity (Wildman–Crippen MR) is 66.8 cm³/mol. The molecule has 1 heterocycles. The number of carbonyl (C=O) groups excluding carboxylic acids is 1. The minimum Gasteiger partial charge on any atom is -0.444 e. The third-order valence-electron chi connectivity index (χ3n) is 3.04. The summed E-state index contributed by atoms with van der Waals surface area (Å²) in [5.74, 6) is 0.114. The summed E-state index contributed by atoms with van der Waals surface area (Å²) in [5, 5.41) is 18.3. The van der Waals surface area contributed by atoms with Gasteiger partial charge in [-0.1, -0.05) is 0 Å². The largest absolute Gasteiger partial charge is 0.444 e. The SMILES string of the molecule is CC(C)(C)OC(=O)N1CCC([C@@H](O)CC#N)CC1. The van der Waals surface area contributed by atoms with Gasteiger partial charge in [0.25, 0.3) is 0 Å². The Bertz CT molecular complexity index is 322. The first-order valence-electron chi connectivity index (χ1n) is 6.36. The molecule has 1 fully saturated rings. The molecule has 0 aromatic carbocycles. The van der Waals surface area contributed by atoms with E-state index in [-0.39, 0.29) is 18.4 Å². The van der Waals surface area contributed by atoms with Crippen LogP contribution in [0, 0.1) is 17.2 Å². The lowest BCUT2D eigenvalue weighted by Crippen LogP contribution is -2.43. The summed E-state index contributed by atoms with van der Waals surface area (Å²) >= 11 is 0. The second-order valence-electron chi connectivity index (χ2n) is 5.73. The molecule has 102 valence electrons. The van der Waals surface area contributed by atoms with E-state index >= 15 is 0 Å². The molecule has 0 unspecified atom stereocenters. The molecule has 1 aliphatic rings.